The molecule has 1 aliphatic heterocycles. The molecular formula is C13H11NO6. The minimum absolute atomic E-state index is 0.0838. The number of aromatic hydroxyl groups is 1. The molecule has 1 aromatic heterocycles. The van der Waals surface area contributed by atoms with Crippen molar-refractivity contribution in [3.05, 3.63) is 24.0 Å². The van der Waals surface area contributed by atoms with Gasteiger partial charge in [-0.3, -0.25) is 0 Å². The lowest BCUT2D eigenvalue weighted by Crippen LogP contribution is -1.98. The molecule has 7 nitrogen and oxygen atoms in total. The zero-order valence-electron chi connectivity index (χ0n) is 10.3. The van der Waals surface area contributed by atoms with Gasteiger partial charge in [-0.15, -0.1) is 0 Å². The predicted molar refractivity (Wildman–Crippen MR) is 66.2 cm³/mol. The van der Waals surface area contributed by atoms with Gasteiger partial charge in [0.1, 0.15) is 11.4 Å². The van der Waals surface area contributed by atoms with E-state index in [-0.39, 0.29) is 22.8 Å². The van der Waals surface area contributed by atoms with Gasteiger partial charge in [0.25, 0.3) is 0 Å². The summed E-state index contributed by atoms with van der Waals surface area (Å²) >= 11 is 0. The van der Waals surface area contributed by atoms with E-state index in [4.69, 9.17) is 19.1 Å². The Morgan fingerprint density at radius 1 is 1.25 bits per heavy atom. The smallest absolute Gasteiger partial charge is 0.374 e. The van der Waals surface area contributed by atoms with Crippen LogP contribution in [0.3, 0.4) is 0 Å². The summed E-state index contributed by atoms with van der Waals surface area (Å²) in [5, 5.41) is 22.5. The zero-order valence-corrected chi connectivity index (χ0v) is 10.3. The number of rotatable bonds is 2. The summed E-state index contributed by atoms with van der Waals surface area (Å²) in [6.07, 6.45) is 0.716. The Morgan fingerprint density at radius 2 is 2.05 bits per heavy atom. The lowest BCUT2D eigenvalue weighted by Gasteiger charge is -2.11. The largest absolute Gasteiger partial charge is 0.507 e. The summed E-state index contributed by atoms with van der Waals surface area (Å²) in [5.74, 6) is -0.809. The van der Waals surface area contributed by atoms with E-state index in [0.29, 0.717) is 31.1 Å². The van der Waals surface area contributed by atoms with Gasteiger partial charge in [0.15, 0.2) is 11.5 Å². The Balaban J connectivity index is 2.14. The van der Waals surface area contributed by atoms with E-state index in [0.717, 1.165) is 0 Å². The van der Waals surface area contributed by atoms with E-state index >= 15 is 0 Å². The molecule has 0 aliphatic carbocycles. The maximum atomic E-state index is 10.8. The number of carboxylic acids is 1. The number of phenolic OH excluding ortho intramolecular Hbond substituents is 1. The lowest BCUT2D eigenvalue weighted by atomic mass is 10.1. The molecule has 20 heavy (non-hydrogen) atoms. The highest BCUT2D eigenvalue weighted by Crippen LogP contribution is 2.44. The number of carboxylic acid groups (broad SMARTS) is 1. The minimum Gasteiger partial charge on any atom is -0.507 e. The van der Waals surface area contributed by atoms with Crippen molar-refractivity contribution in [3.8, 4) is 28.5 Å². The van der Waals surface area contributed by atoms with Gasteiger partial charge >= 0.3 is 5.97 Å². The van der Waals surface area contributed by atoms with E-state index in [1.54, 1.807) is 6.07 Å². The molecule has 2 aromatic rings. The standard InChI is InChI=1S/C13H11NO6/c15-8-2-3-9-12(19-5-1-4-18-9)11(8)7-6-10(13(16)17)20-14-7/h2-3,6,15H,1,4-5H2,(H,16,17). The summed E-state index contributed by atoms with van der Waals surface area (Å²) in [4.78, 5) is 10.8. The first-order valence-electron chi connectivity index (χ1n) is 5.99. The van der Waals surface area contributed by atoms with Gasteiger partial charge in [-0.05, 0) is 12.1 Å². The third kappa shape index (κ3) is 2.03. The van der Waals surface area contributed by atoms with Crippen molar-refractivity contribution in [1.82, 2.24) is 5.16 Å². The summed E-state index contributed by atoms with van der Waals surface area (Å²) in [5.41, 5.74) is 0.447. The van der Waals surface area contributed by atoms with Crippen LogP contribution in [0.15, 0.2) is 22.7 Å². The van der Waals surface area contributed by atoms with Crippen molar-refractivity contribution in [2.24, 2.45) is 0 Å². The molecule has 3 rings (SSSR count). The van der Waals surface area contributed by atoms with E-state index in [9.17, 15) is 9.90 Å². The summed E-state index contributed by atoms with van der Waals surface area (Å²) in [7, 11) is 0. The van der Waals surface area contributed by atoms with Crippen molar-refractivity contribution in [1.29, 1.82) is 0 Å². The molecule has 0 atom stereocenters. The van der Waals surface area contributed by atoms with Gasteiger partial charge in [-0.25, -0.2) is 4.79 Å². The Kier molecular flexibility index (Phi) is 2.94. The van der Waals surface area contributed by atoms with Crippen LogP contribution in [0.4, 0.5) is 0 Å². The van der Waals surface area contributed by atoms with Gasteiger partial charge in [0.2, 0.25) is 5.76 Å². The minimum atomic E-state index is -1.23. The van der Waals surface area contributed by atoms with Crippen LogP contribution in [-0.4, -0.2) is 34.6 Å². The fraction of sp³-hybridized carbons (Fsp3) is 0.231. The molecule has 0 radical (unpaired) electrons. The van der Waals surface area contributed by atoms with Gasteiger partial charge in [-0.1, -0.05) is 5.16 Å². The number of carbonyl (C=O) groups is 1. The molecule has 7 heteroatoms. The van der Waals surface area contributed by atoms with Crippen LogP contribution in [0.25, 0.3) is 11.3 Å². The van der Waals surface area contributed by atoms with Gasteiger partial charge in [-0.2, -0.15) is 0 Å². The zero-order chi connectivity index (χ0) is 14.1. The number of nitrogens with zero attached hydrogens (tertiary/aromatic N) is 1. The number of aromatic carboxylic acids is 1. The van der Waals surface area contributed by atoms with Gasteiger partial charge < -0.3 is 24.2 Å². The fourth-order valence-electron chi connectivity index (χ4n) is 1.97. The number of benzene rings is 1. The number of aromatic nitrogens is 1. The maximum absolute atomic E-state index is 10.8. The maximum Gasteiger partial charge on any atom is 0.374 e. The molecule has 0 bridgehead atoms. The van der Waals surface area contributed by atoms with Crippen LogP contribution in [0.5, 0.6) is 17.2 Å². The van der Waals surface area contributed by atoms with Crippen LogP contribution in [0.2, 0.25) is 0 Å². The molecule has 104 valence electrons. The molecule has 0 amide bonds. The summed E-state index contributed by atoms with van der Waals surface area (Å²) < 4.78 is 15.8. The highest BCUT2D eigenvalue weighted by molar-refractivity contribution is 5.87. The monoisotopic (exact) mass is 277 g/mol. The van der Waals surface area contributed by atoms with Crippen LogP contribution in [0.1, 0.15) is 17.0 Å². The lowest BCUT2D eigenvalue weighted by molar-refractivity contribution is 0.0652. The highest BCUT2D eigenvalue weighted by atomic mass is 16.5. The van der Waals surface area contributed by atoms with E-state index < -0.39 is 5.97 Å². The van der Waals surface area contributed by atoms with Crippen molar-refractivity contribution >= 4 is 5.97 Å². The molecule has 1 aliphatic rings. The van der Waals surface area contributed by atoms with Crippen molar-refractivity contribution in [2.45, 2.75) is 6.42 Å². The van der Waals surface area contributed by atoms with Crippen LogP contribution in [0, 0.1) is 0 Å². The average Bonchev–Trinajstić information content (AvgIpc) is 2.78. The topological polar surface area (TPSA) is 102 Å². The molecule has 1 aromatic carbocycles. The van der Waals surface area contributed by atoms with Crippen LogP contribution < -0.4 is 9.47 Å². The average molecular weight is 277 g/mol. The second kappa shape index (κ2) is 4.76. The number of fused-ring (bicyclic) bond motifs is 1. The first-order chi connectivity index (χ1) is 9.66. The van der Waals surface area contributed by atoms with Crippen LogP contribution in [-0.2, 0) is 0 Å². The number of hydrogen-bond acceptors (Lipinski definition) is 6. The molecule has 0 spiro atoms. The van der Waals surface area contributed by atoms with E-state index in [2.05, 4.69) is 5.16 Å². The second-order valence-electron chi connectivity index (χ2n) is 4.22. The second-order valence-corrected chi connectivity index (χ2v) is 4.22. The van der Waals surface area contributed by atoms with Crippen molar-refractivity contribution in [3.63, 3.8) is 0 Å². The van der Waals surface area contributed by atoms with Gasteiger partial charge in [0, 0.05) is 12.5 Å². The first kappa shape index (κ1) is 12.3. The Bertz CT molecular complexity index is 663. The molecule has 0 unspecified atom stereocenters. The van der Waals surface area contributed by atoms with Gasteiger partial charge in [0.05, 0.1) is 18.8 Å². The number of ether oxygens (including phenoxy) is 2. The normalized spacial score (nSPS) is 13.8. The molecule has 0 saturated heterocycles. The van der Waals surface area contributed by atoms with Crippen molar-refractivity contribution in [2.75, 3.05) is 13.2 Å². The quantitative estimate of drug-likeness (QED) is 0.864. The Hall–Kier alpha value is -2.70. The fourth-order valence-corrected chi connectivity index (χ4v) is 1.97. The molecular weight excluding hydrogens is 266 g/mol. The van der Waals surface area contributed by atoms with E-state index in [1.165, 1.54) is 12.1 Å². The summed E-state index contributed by atoms with van der Waals surface area (Å²) in [6, 6.07) is 4.27. The number of hydrogen-bond donors (Lipinski definition) is 2. The SMILES string of the molecule is O=C(O)c1cc(-c2c(O)ccc3c2OCCCO3)no1. The summed E-state index contributed by atoms with van der Waals surface area (Å²) in [6.45, 7) is 0.948. The molecule has 0 saturated carbocycles. The number of phenols is 1. The third-order valence-electron chi connectivity index (χ3n) is 2.87. The van der Waals surface area contributed by atoms with Crippen molar-refractivity contribution < 1.29 is 29.0 Å². The first-order valence-corrected chi connectivity index (χ1v) is 5.99. The predicted octanol–water partition coefficient (Wildman–Crippen LogP) is 1.91. The molecule has 2 N–H and O–H groups in total. The van der Waals surface area contributed by atoms with Crippen LogP contribution >= 0.6 is 0 Å². The third-order valence-corrected chi connectivity index (χ3v) is 2.87. The molecule has 0 fully saturated rings. The highest BCUT2D eigenvalue weighted by Gasteiger charge is 2.23. The Labute approximate surface area is 113 Å². The van der Waals surface area contributed by atoms with E-state index in [1.807, 2.05) is 0 Å². The Morgan fingerprint density at radius 3 is 2.80 bits per heavy atom. The molecule has 2 heterocycles.